The monoisotopic (exact) mass is 324 g/mol. The Morgan fingerprint density at radius 1 is 1.32 bits per heavy atom. The van der Waals surface area contributed by atoms with Crippen molar-refractivity contribution < 1.29 is 4.79 Å². The van der Waals surface area contributed by atoms with Gasteiger partial charge in [0, 0.05) is 13.1 Å². The fourth-order valence-corrected chi connectivity index (χ4v) is 3.38. The average Bonchev–Trinajstić information content (AvgIpc) is 2.46. The first kappa shape index (κ1) is 19.0. The molecule has 22 heavy (non-hydrogen) atoms. The summed E-state index contributed by atoms with van der Waals surface area (Å²) in [6.45, 7) is 8.11. The quantitative estimate of drug-likeness (QED) is 0.922. The topological polar surface area (TPSA) is 46.3 Å². The molecule has 1 aliphatic rings. The van der Waals surface area contributed by atoms with E-state index in [1.54, 1.807) is 0 Å². The SMILES string of the molecule is CC(C)C[C@H](N)C(=O)N1CCC(c2ccccc2)C(C)C1.Cl. The molecule has 1 aliphatic heterocycles. The molecule has 124 valence electrons. The summed E-state index contributed by atoms with van der Waals surface area (Å²) in [4.78, 5) is 14.4. The van der Waals surface area contributed by atoms with Gasteiger partial charge in [-0.1, -0.05) is 51.1 Å². The van der Waals surface area contributed by atoms with Crippen LogP contribution in [0.1, 0.15) is 45.1 Å². The van der Waals surface area contributed by atoms with E-state index in [9.17, 15) is 4.79 Å². The summed E-state index contributed by atoms with van der Waals surface area (Å²) in [5.74, 6) is 1.62. The van der Waals surface area contributed by atoms with Crippen LogP contribution in [-0.4, -0.2) is 29.9 Å². The van der Waals surface area contributed by atoms with Crippen molar-refractivity contribution >= 4 is 18.3 Å². The summed E-state index contributed by atoms with van der Waals surface area (Å²) in [6, 6.07) is 10.3. The van der Waals surface area contributed by atoms with Crippen molar-refractivity contribution in [2.75, 3.05) is 13.1 Å². The van der Waals surface area contributed by atoms with Gasteiger partial charge in [0.25, 0.3) is 0 Å². The van der Waals surface area contributed by atoms with Crippen molar-refractivity contribution in [3.8, 4) is 0 Å². The van der Waals surface area contributed by atoms with E-state index in [0.29, 0.717) is 17.8 Å². The predicted octanol–water partition coefficient (Wildman–Crippen LogP) is 3.43. The molecule has 2 unspecified atom stereocenters. The third-order valence-corrected chi connectivity index (χ3v) is 4.49. The predicted molar refractivity (Wildman–Crippen MR) is 94.2 cm³/mol. The summed E-state index contributed by atoms with van der Waals surface area (Å²) < 4.78 is 0. The van der Waals surface area contributed by atoms with Gasteiger partial charge in [-0.05, 0) is 36.2 Å². The number of carbonyl (C=O) groups is 1. The first-order chi connectivity index (χ1) is 9.99. The van der Waals surface area contributed by atoms with Crippen LogP contribution in [0.25, 0.3) is 0 Å². The molecule has 0 radical (unpaired) electrons. The van der Waals surface area contributed by atoms with E-state index >= 15 is 0 Å². The highest BCUT2D eigenvalue weighted by Crippen LogP contribution is 2.32. The van der Waals surface area contributed by atoms with Gasteiger partial charge in [-0.15, -0.1) is 12.4 Å². The Bertz CT molecular complexity index is 463. The summed E-state index contributed by atoms with van der Waals surface area (Å²) in [5.41, 5.74) is 7.44. The minimum absolute atomic E-state index is 0. The lowest BCUT2D eigenvalue weighted by Crippen LogP contribution is -2.49. The van der Waals surface area contributed by atoms with Crippen molar-refractivity contribution in [1.29, 1.82) is 0 Å². The summed E-state index contributed by atoms with van der Waals surface area (Å²) in [7, 11) is 0. The zero-order valence-corrected chi connectivity index (χ0v) is 14.7. The summed E-state index contributed by atoms with van der Waals surface area (Å²) in [5, 5.41) is 0. The highest BCUT2D eigenvalue weighted by atomic mass is 35.5. The van der Waals surface area contributed by atoms with Gasteiger partial charge in [-0.25, -0.2) is 0 Å². The highest BCUT2D eigenvalue weighted by Gasteiger charge is 2.31. The Balaban J connectivity index is 0.00000242. The maximum Gasteiger partial charge on any atom is 0.239 e. The number of hydrogen-bond donors (Lipinski definition) is 1. The largest absolute Gasteiger partial charge is 0.341 e. The lowest BCUT2D eigenvalue weighted by atomic mass is 9.81. The summed E-state index contributed by atoms with van der Waals surface area (Å²) in [6.07, 6.45) is 1.80. The molecule has 3 nitrogen and oxygen atoms in total. The Morgan fingerprint density at radius 2 is 1.95 bits per heavy atom. The molecule has 0 saturated carbocycles. The van der Waals surface area contributed by atoms with Crippen molar-refractivity contribution in [3.05, 3.63) is 35.9 Å². The van der Waals surface area contributed by atoms with Gasteiger partial charge in [-0.3, -0.25) is 4.79 Å². The number of halogens is 1. The molecule has 1 aromatic rings. The molecular weight excluding hydrogens is 296 g/mol. The number of hydrogen-bond acceptors (Lipinski definition) is 2. The van der Waals surface area contributed by atoms with Crippen LogP contribution in [0.4, 0.5) is 0 Å². The number of rotatable bonds is 4. The second kappa shape index (κ2) is 8.54. The molecule has 0 spiro atoms. The zero-order valence-electron chi connectivity index (χ0n) is 13.9. The molecule has 1 fully saturated rings. The van der Waals surface area contributed by atoms with E-state index in [4.69, 9.17) is 5.73 Å². The third-order valence-electron chi connectivity index (χ3n) is 4.49. The van der Waals surface area contributed by atoms with E-state index in [1.165, 1.54) is 5.56 Å². The van der Waals surface area contributed by atoms with E-state index in [0.717, 1.165) is 25.9 Å². The van der Waals surface area contributed by atoms with Crippen LogP contribution in [0.2, 0.25) is 0 Å². The number of nitrogens with two attached hydrogens (primary N) is 1. The molecule has 1 heterocycles. The molecular formula is C18H29ClN2O. The fourth-order valence-electron chi connectivity index (χ4n) is 3.38. The number of amides is 1. The molecule has 2 rings (SSSR count). The second-order valence-corrected chi connectivity index (χ2v) is 6.80. The van der Waals surface area contributed by atoms with Gasteiger partial charge >= 0.3 is 0 Å². The molecule has 4 heteroatoms. The number of piperidine rings is 1. The second-order valence-electron chi connectivity index (χ2n) is 6.80. The molecule has 1 amide bonds. The first-order valence-electron chi connectivity index (χ1n) is 8.08. The molecule has 1 saturated heterocycles. The minimum Gasteiger partial charge on any atom is -0.341 e. The third kappa shape index (κ3) is 4.72. The standard InChI is InChI=1S/C18H28N2O.ClH/c1-13(2)11-17(19)18(21)20-10-9-16(14(3)12-20)15-7-5-4-6-8-15;/h4-8,13-14,16-17H,9-12,19H2,1-3H3;1H/t14?,16?,17-;/m0./s1. The zero-order chi connectivity index (χ0) is 15.4. The maximum absolute atomic E-state index is 12.4. The Hall–Kier alpha value is -1.06. The highest BCUT2D eigenvalue weighted by molar-refractivity contribution is 5.85. The average molecular weight is 325 g/mol. The number of carbonyl (C=O) groups excluding carboxylic acids is 1. The molecule has 2 N–H and O–H groups in total. The lowest BCUT2D eigenvalue weighted by molar-refractivity contribution is -0.134. The fraction of sp³-hybridized carbons (Fsp3) is 0.611. The van der Waals surface area contributed by atoms with E-state index in [-0.39, 0.29) is 24.4 Å². The first-order valence-corrected chi connectivity index (χ1v) is 8.08. The van der Waals surface area contributed by atoms with E-state index < -0.39 is 0 Å². The van der Waals surface area contributed by atoms with Gasteiger partial charge in [0.1, 0.15) is 0 Å². The number of benzene rings is 1. The van der Waals surface area contributed by atoms with E-state index in [2.05, 4.69) is 51.1 Å². The maximum atomic E-state index is 12.4. The molecule has 3 atom stereocenters. The Kier molecular flexibility index (Phi) is 7.37. The van der Waals surface area contributed by atoms with Gasteiger partial charge in [0.15, 0.2) is 0 Å². The van der Waals surface area contributed by atoms with E-state index in [1.807, 2.05) is 4.90 Å². The summed E-state index contributed by atoms with van der Waals surface area (Å²) >= 11 is 0. The Morgan fingerprint density at radius 3 is 2.50 bits per heavy atom. The minimum atomic E-state index is -0.342. The Labute approximate surface area is 140 Å². The van der Waals surface area contributed by atoms with Crippen LogP contribution in [0.3, 0.4) is 0 Å². The van der Waals surface area contributed by atoms with Crippen LogP contribution in [-0.2, 0) is 4.79 Å². The number of likely N-dealkylation sites (tertiary alicyclic amines) is 1. The van der Waals surface area contributed by atoms with Crippen molar-refractivity contribution in [2.24, 2.45) is 17.6 Å². The van der Waals surface area contributed by atoms with Crippen LogP contribution in [0.15, 0.2) is 30.3 Å². The van der Waals surface area contributed by atoms with Gasteiger partial charge < -0.3 is 10.6 Å². The number of nitrogens with zero attached hydrogens (tertiary/aromatic N) is 1. The van der Waals surface area contributed by atoms with Crippen LogP contribution >= 0.6 is 12.4 Å². The van der Waals surface area contributed by atoms with Gasteiger partial charge in [0.05, 0.1) is 6.04 Å². The molecule has 1 aromatic carbocycles. The van der Waals surface area contributed by atoms with Crippen molar-refractivity contribution in [2.45, 2.75) is 45.6 Å². The van der Waals surface area contributed by atoms with Crippen molar-refractivity contribution in [3.63, 3.8) is 0 Å². The van der Waals surface area contributed by atoms with Crippen molar-refractivity contribution in [1.82, 2.24) is 4.90 Å². The normalized spacial score (nSPS) is 23.0. The van der Waals surface area contributed by atoms with Gasteiger partial charge in [-0.2, -0.15) is 0 Å². The molecule has 0 bridgehead atoms. The lowest BCUT2D eigenvalue weighted by Gasteiger charge is -2.38. The smallest absolute Gasteiger partial charge is 0.239 e. The van der Waals surface area contributed by atoms with Crippen LogP contribution in [0.5, 0.6) is 0 Å². The van der Waals surface area contributed by atoms with Crippen LogP contribution in [0, 0.1) is 11.8 Å². The van der Waals surface area contributed by atoms with Gasteiger partial charge in [0.2, 0.25) is 5.91 Å². The molecule has 0 aromatic heterocycles. The molecule has 0 aliphatic carbocycles. The van der Waals surface area contributed by atoms with Crippen LogP contribution < -0.4 is 5.73 Å².